The molecule has 0 saturated heterocycles. The van der Waals surface area contributed by atoms with Crippen LogP contribution in [-0.2, 0) is 14.8 Å². The van der Waals surface area contributed by atoms with Gasteiger partial charge in [-0.15, -0.1) is 0 Å². The molecule has 0 fully saturated rings. The first kappa shape index (κ1) is 25.8. The number of anilines is 1. The number of sulfonamides is 1. The van der Waals surface area contributed by atoms with E-state index in [0.29, 0.717) is 17.0 Å². The zero-order chi connectivity index (χ0) is 25.6. The topological polar surface area (TPSA) is 105 Å². The van der Waals surface area contributed by atoms with Crippen molar-refractivity contribution in [3.63, 3.8) is 0 Å². The second-order valence-electron chi connectivity index (χ2n) is 8.12. The lowest BCUT2D eigenvalue weighted by Crippen LogP contribution is -2.53. The molecule has 9 heteroatoms. The van der Waals surface area contributed by atoms with Crippen molar-refractivity contribution in [2.45, 2.75) is 30.7 Å². The highest BCUT2D eigenvalue weighted by Crippen LogP contribution is 2.24. The third-order valence-electron chi connectivity index (χ3n) is 5.78. The van der Waals surface area contributed by atoms with Gasteiger partial charge < -0.3 is 15.0 Å². The molecule has 3 aromatic rings. The second kappa shape index (κ2) is 11.1. The molecule has 8 nitrogen and oxygen atoms in total. The monoisotopic (exact) mass is 495 g/mol. The van der Waals surface area contributed by atoms with E-state index < -0.39 is 33.9 Å². The number of benzene rings is 3. The lowest BCUT2D eigenvalue weighted by Gasteiger charge is -2.29. The van der Waals surface area contributed by atoms with Crippen LogP contribution in [0.2, 0.25) is 0 Å². The Morgan fingerprint density at radius 1 is 0.914 bits per heavy atom. The maximum atomic E-state index is 13.5. The Kier molecular flexibility index (Phi) is 8.14. The Labute approximate surface area is 206 Å². The number of ether oxygens (including phenoxy) is 1. The number of rotatable bonds is 8. The van der Waals surface area contributed by atoms with Gasteiger partial charge in [0.1, 0.15) is 11.8 Å². The summed E-state index contributed by atoms with van der Waals surface area (Å²) in [6.45, 7) is 3.44. The molecule has 3 rings (SSSR count). The summed E-state index contributed by atoms with van der Waals surface area (Å²) in [5.74, 6) is -0.214. The molecule has 0 heterocycles. The molecule has 0 aliphatic rings. The fraction of sp³-hybridized carbons (Fsp3) is 0.231. The lowest BCUT2D eigenvalue weighted by molar-refractivity contribution is -0.120. The Balaban J connectivity index is 1.87. The number of hydrogen-bond donors (Lipinski definition) is 2. The van der Waals surface area contributed by atoms with Crippen LogP contribution in [0.15, 0.2) is 83.8 Å². The first-order valence-corrected chi connectivity index (χ1v) is 12.5. The molecule has 0 aromatic heterocycles. The van der Waals surface area contributed by atoms with Gasteiger partial charge in [0.15, 0.2) is 0 Å². The number of amides is 3. The molecule has 2 N–H and O–H groups in total. The van der Waals surface area contributed by atoms with Crippen molar-refractivity contribution in [1.29, 1.82) is 0 Å². The highest BCUT2D eigenvalue weighted by atomic mass is 32.2. The predicted octanol–water partition coefficient (Wildman–Crippen LogP) is 3.83. The summed E-state index contributed by atoms with van der Waals surface area (Å²) in [6, 6.07) is 20.4. The summed E-state index contributed by atoms with van der Waals surface area (Å²) in [6.07, 6.45) is 0. The molecule has 0 saturated carbocycles. The van der Waals surface area contributed by atoms with Crippen molar-refractivity contribution in [3.8, 4) is 5.75 Å². The summed E-state index contributed by atoms with van der Waals surface area (Å²) >= 11 is 0. The molecular formula is C26H29N3O5S. The van der Waals surface area contributed by atoms with Crippen LogP contribution in [0.1, 0.15) is 24.0 Å². The van der Waals surface area contributed by atoms with Gasteiger partial charge in [-0.05, 0) is 48.4 Å². The van der Waals surface area contributed by atoms with E-state index in [0.717, 1.165) is 5.56 Å². The number of carbonyl (C=O) groups is 2. The number of hydrogen-bond acceptors (Lipinski definition) is 5. The van der Waals surface area contributed by atoms with E-state index in [2.05, 4.69) is 5.32 Å². The third-order valence-corrected chi connectivity index (χ3v) is 7.27. The summed E-state index contributed by atoms with van der Waals surface area (Å²) < 4.78 is 32.8. The van der Waals surface area contributed by atoms with Crippen LogP contribution in [0, 0.1) is 6.92 Å². The van der Waals surface area contributed by atoms with Crippen molar-refractivity contribution in [3.05, 3.63) is 90.0 Å². The van der Waals surface area contributed by atoms with Crippen LogP contribution in [0.5, 0.6) is 5.75 Å². The number of aryl methyl sites for hydroxylation is 1. The van der Waals surface area contributed by atoms with Gasteiger partial charge >= 0.3 is 6.03 Å². The zero-order valence-corrected chi connectivity index (χ0v) is 20.9. The highest BCUT2D eigenvalue weighted by Gasteiger charge is 2.32. The Morgan fingerprint density at radius 2 is 1.51 bits per heavy atom. The summed E-state index contributed by atoms with van der Waals surface area (Å²) in [5, 5.41) is 2.59. The van der Waals surface area contributed by atoms with E-state index in [1.807, 2.05) is 35.1 Å². The largest absolute Gasteiger partial charge is 0.497 e. The van der Waals surface area contributed by atoms with Gasteiger partial charge in [0.25, 0.3) is 10.0 Å². The average molecular weight is 496 g/mol. The van der Waals surface area contributed by atoms with E-state index in [1.165, 1.54) is 11.0 Å². The van der Waals surface area contributed by atoms with Crippen molar-refractivity contribution in [2.75, 3.05) is 19.1 Å². The van der Waals surface area contributed by atoms with Crippen LogP contribution in [0.4, 0.5) is 10.5 Å². The molecule has 2 atom stereocenters. The minimum atomic E-state index is -4.13. The van der Waals surface area contributed by atoms with Crippen LogP contribution < -0.4 is 19.7 Å². The quantitative estimate of drug-likeness (QED) is 0.494. The molecule has 35 heavy (non-hydrogen) atoms. The first-order chi connectivity index (χ1) is 16.6. The first-order valence-electron chi connectivity index (χ1n) is 11.0. The smallest absolute Gasteiger partial charge is 0.329 e. The van der Waals surface area contributed by atoms with E-state index >= 15 is 0 Å². The third kappa shape index (κ3) is 6.19. The molecule has 184 valence electrons. The Bertz CT molecular complexity index is 1280. The number of carbonyl (C=O) groups excluding carboxylic acids is 2. The fourth-order valence-electron chi connectivity index (χ4n) is 3.70. The number of likely N-dealkylation sites (N-methyl/N-ethyl adjacent to an activating group) is 1. The van der Waals surface area contributed by atoms with Crippen LogP contribution >= 0.6 is 0 Å². The molecule has 3 aromatic carbocycles. The zero-order valence-electron chi connectivity index (χ0n) is 20.1. The van der Waals surface area contributed by atoms with Crippen molar-refractivity contribution in [2.24, 2.45) is 0 Å². The molecule has 0 spiro atoms. The standard InChI is InChI=1S/C26H29N3O5S/c1-18-10-8-9-13-23(18)35(32,33)28-26(31)27-24(19(2)20-11-6-5-7-12-20)25(30)29(3)21-14-16-22(34-4)17-15-21/h5-17,19,24H,1-4H3,(H2,27,28,31). The number of nitrogens with zero attached hydrogens (tertiary/aromatic N) is 1. The average Bonchev–Trinajstić information content (AvgIpc) is 2.86. The van der Waals surface area contributed by atoms with Crippen LogP contribution in [0.25, 0.3) is 0 Å². The fourth-order valence-corrected chi connectivity index (χ4v) is 4.86. The van der Waals surface area contributed by atoms with Crippen LogP contribution in [0.3, 0.4) is 0 Å². The Hall–Kier alpha value is -3.85. The number of methoxy groups -OCH3 is 1. The van der Waals surface area contributed by atoms with Gasteiger partial charge in [-0.3, -0.25) is 4.79 Å². The molecule has 2 unspecified atom stereocenters. The van der Waals surface area contributed by atoms with Gasteiger partial charge in [0.05, 0.1) is 12.0 Å². The van der Waals surface area contributed by atoms with E-state index in [-0.39, 0.29) is 4.90 Å². The molecule has 0 aliphatic heterocycles. The van der Waals surface area contributed by atoms with E-state index in [4.69, 9.17) is 4.74 Å². The minimum Gasteiger partial charge on any atom is -0.497 e. The summed E-state index contributed by atoms with van der Waals surface area (Å²) in [4.78, 5) is 27.8. The molecule has 0 aliphatic carbocycles. The predicted molar refractivity (Wildman–Crippen MR) is 135 cm³/mol. The van der Waals surface area contributed by atoms with Gasteiger partial charge in [-0.25, -0.2) is 17.9 Å². The molecule has 0 radical (unpaired) electrons. The van der Waals surface area contributed by atoms with Gasteiger partial charge in [-0.2, -0.15) is 0 Å². The minimum absolute atomic E-state index is 0.00974. The summed E-state index contributed by atoms with van der Waals surface area (Å²) in [7, 11) is -0.986. The lowest BCUT2D eigenvalue weighted by atomic mass is 9.92. The Morgan fingerprint density at radius 3 is 2.11 bits per heavy atom. The maximum Gasteiger partial charge on any atom is 0.329 e. The summed E-state index contributed by atoms with van der Waals surface area (Å²) in [5.41, 5.74) is 1.91. The molecule has 0 bridgehead atoms. The van der Waals surface area contributed by atoms with E-state index in [1.54, 1.807) is 70.5 Å². The second-order valence-corrected chi connectivity index (χ2v) is 9.77. The van der Waals surface area contributed by atoms with Gasteiger partial charge in [0, 0.05) is 18.7 Å². The molecule has 3 amide bonds. The van der Waals surface area contributed by atoms with Crippen molar-refractivity contribution in [1.82, 2.24) is 10.0 Å². The van der Waals surface area contributed by atoms with Gasteiger partial charge in [0.2, 0.25) is 5.91 Å². The van der Waals surface area contributed by atoms with E-state index in [9.17, 15) is 18.0 Å². The van der Waals surface area contributed by atoms with Crippen LogP contribution in [-0.4, -0.2) is 40.6 Å². The van der Waals surface area contributed by atoms with Gasteiger partial charge in [-0.1, -0.05) is 55.5 Å². The van der Waals surface area contributed by atoms with Crippen molar-refractivity contribution >= 4 is 27.6 Å². The highest BCUT2D eigenvalue weighted by molar-refractivity contribution is 7.90. The normalized spacial score (nSPS) is 12.8. The SMILES string of the molecule is COc1ccc(N(C)C(=O)C(NC(=O)NS(=O)(=O)c2ccccc2C)C(C)c2ccccc2)cc1. The number of urea groups is 1. The molecular weight excluding hydrogens is 466 g/mol. The number of nitrogens with one attached hydrogen (secondary N) is 2. The maximum absolute atomic E-state index is 13.5. The van der Waals surface area contributed by atoms with Crippen molar-refractivity contribution < 1.29 is 22.7 Å².